The van der Waals surface area contributed by atoms with Gasteiger partial charge in [0.15, 0.2) is 0 Å². The molecule has 0 bridgehead atoms. The molecule has 0 saturated heterocycles. The molecule has 5 nitrogen and oxygen atoms in total. The maximum Gasteiger partial charge on any atom is 0.304 e. The lowest BCUT2D eigenvalue weighted by Crippen LogP contribution is -2.17. The van der Waals surface area contributed by atoms with E-state index in [4.69, 9.17) is 14.6 Å². The first kappa shape index (κ1) is 23.5. The van der Waals surface area contributed by atoms with Crippen LogP contribution >= 0.6 is 12.4 Å². The van der Waals surface area contributed by atoms with Crippen LogP contribution in [0.5, 0.6) is 11.5 Å². The van der Waals surface area contributed by atoms with Gasteiger partial charge in [-0.15, -0.1) is 12.4 Å². The third-order valence-electron chi connectivity index (χ3n) is 4.02. The molecule has 6 heteroatoms. The van der Waals surface area contributed by atoms with Crippen LogP contribution in [-0.4, -0.2) is 37.9 Å². The molecule has 0 aliphatic heterocycles. The summed E-state index contributed by atoms with van der Waals surface area (Å²) in [6.45, 7) is 1.65. The molecule has 2 rings (SSSR count). The SMILES string of the molecule is COc1cccc(OCCCc2ccccc2)c1/C=C/CNCCC(=O)O.Cl. The van der Waals surface area contributed by atoms with E-state index >= 15 is 0 Å². The van der Waals surface area contributed by atoms with Crippen LogP contribution in [0, 0.1) is 0 Å². The first-order valence-corrected chi connectivity index (χ1v) is 9.13. The Kier molecular flexibility index (Phi) is 11.5. The summed E-state index contributed by atoms with van der Waals surface area (Å²) < 4.78 is 11.4. The zero-order chi connectivity index (χ0) is 19.3. The highest BCUT2D eigenvalue weighted by molar-refractivity contribution is 5.85. The number of halogens is 1. The van der Waals surface area contributed by atoms with Gasteiger partial charge in [0.25, 0.3) is 0 Å². The number of carbonyl (C=O) groups is 1. The summed E-state index contributed by atoms with van der Waals surface area (Å²) in [6, 6.07) is 16.1. The number of hydrogen-bond acceptors (Lipinski definition) is 4. The van der Waals surface area contributed by atoms with Crippen molar-refractivity contribution in [3.63, 3.8) is 0 Å². The molecule has 0 aliphatic carbocycles. The van der Waals surface area contributed by atoms with Gasteiger partial charge in [0.05, 0.1) is 25.7 Å². The van der Waals surface area contributed by atoms with Gasteiger partial charge in [0.1, 0.15) is 11.5 Å². The third-order valence-corrected chi connectivity index (χ3v) is 4.02. The van der Waals surface area contributed by atoms with Crippen molar-refractivity contribution in [2.24, 2.45) is 0 Å². The van der Waals surface area contributed by atoms with Crippen molar-refractivity contribution in [3.05, 3.63) is 65.7 Å². The van der Waals surface area contributed by atoms with Gasteiger partial charge in [-0.2, -0.15) is 0 Å². The Morgan fingerprint density at radius 1 is 1.11 bits per heavy atom. The maximum atomic E-state index is 10.5. The lowest BCUT2D eigenvalue weighted by molar-refractivity contribution is -0.136. The largest absolute Gasteiger partial charge is 0.496 e. The molecule has 2 aromatic carbocycles. The lowest BCUT2D eigenvalue weighted by Gasteiger charge is -2.12. The van der Waals surface area contributed by atoms with Crippen molar-refractivity contribution in [2.45, 2.75) is 19.3 Å². The van der Waals surface area contributed by atoms with Crippen LogP contribution < -0.4 is 14.8 Å². The fraction of sp³-hybridized carbons (Fsp3) is 0.318. The van der Waals surface area contributed by atoms with Crippen LogP contribution in [0.1, 0.15) is 24.0 Å². The van der Waals surface area contributed by atoms with Gasteiger partial charge in [-0.3, -0.25) is 4.79 Å². The molecule has 0 aromatic heterocycles. The Hall–Kier alpha value is -2.50. The number of hydrogen-bond donors (Lipinski definition) is 2. The minimum absolute atomic E-state index is 0. The first-order valence-electron chi connectivity index (χ1n) is 9.13. The molecule has 0 radical (unpaired) electrons. The zero-order valence-electron chi connectivity index (χ0n) is 16.1. The van der Waals surface area contributed by atoms with Crippen molar-refractivity contribution in [3.8, 4) is 11.5 Å². The molecule has 0 unspecified atom stereocenters. The second-order valence-electron chi connectivity index (χ2n) is 6.06. The van der Waals surface area contributed by atoms with Crippen molar-refractivity contribution in [1.82, 2.24) is 5.32 Å². The Morgan fingerprint density at radius 3 is 2.57 bits per heavy atom. The van der Waals surface area contributed by atoms with Gasteiger partial charge < -0.3 is 19.9 Å². The molecular weight excluding hydrogens is 378 g/mol. The minimum Gasteiger partial charge on any atom is -0.496 e. The van der Waals surface area contributed by atoms with E-state index in [0.29, 0.717) is 19.7 Å². The number of benzene rings is 2. The molecule has 152 valence electrons. The summed E-state index contributed by atoms with van der Waals surface area (Å²) in [5.74, 6) is 0.726. The van der Waals surface area contributed by atoms with Gasteiger partial charge in [-0.05, 0) is 30.5 Å². The van der Waals surface area contributed by atoms with E-state index in [1.165, 1.54) is 5.56 Å². The summed E-state index contributed by atoms with van der Waals surface area (Å²) in [4.78, 5) is 10.5. The molecule has 2 aromatic rings. The zero-order valence-corrected chi connectivity index (χ0v) is 16.9. The first-order chi connectivity index (χ1) is 13.2. The van der Waals surface area contributed by atoms with E-state index in [1.54, 1.807) is 7.11 Å². The highest BCUT2D eigenvalue weighted by Gasteiger charge is 2.07. The maximum absolute atomic E-state index is 10.5. The fourth-order valence-corrected chi connectivity index (χ4v) is 2.65. The molecule has 28 heavy (non-hydrogen) atoms. The van der Waals surface area contributed by atoms with Crippen LogP contribution in [0.2, 0.25) is 0 Å². The molecule has 2 N–H and O–H groups in total. The van der Waals surface area contributed by atoms with E-state index in [9.17, 15) is 4.79 Å². The number of methoxy groups -OCH3 is 1. The molecule has 0 atom stereocenters. The standard InChI is InChI=1S/C22H27NO4.ClH/c1-26-20-12-5-13-21(19(20)11-6-15-23-16-14-22(24)25)27-17-7-10-18-8-3-2-4-9-18;/h2-6,8-9,11-13,23H,7,10,14-17H2,1H3,(H,24,25);1H/b11-6+;. The average molecular weight is 406 g/mol. The van der Waals surface area contributed by atoms with Crippen molar-refractivity contribution >= 4 is 24.5 Å². The molecule has 0 spiro atoms. The molecule has 0 amide bonds. The van der Waals surface area contributed by atoms with Gasteiger partial charge in [-0.25, -0.2) is 0 Å². The van der Waals surface area contributed by atoms with Crippen LogP contribution in [0.15, 0.2) is 54.6 Å². The van der Waals surface area contributed by atoms with Crippen LogP contribution in [-0.2, 0) is 11.2 Å². The summed E-state index contributed by atoms with van der Waals surface area (Å²) in [5.41, 5.74) is 2.19. The van der Waals surface area contributed by atoms with E-state index in [1.807, 2.05) is 48.6 Å². The number of rotatable bonds is 12. The number of aryl methyl sites for hydroxylation is 1. The van der Waals surface area contributed by atoms with Crippen molar-refractivity contribution in [1.29, 1.82) is 0 Å². The summed E-state index contributed by atoms with van der Waals surface area (Å²) in [7, 11) is 1.64. The predicted octanol–water partition coefficient (Wildman–Crippen LogP) is 4.21. The number of aliphatic carboxylic acids is 1. The van der Waals surface area contributed by atoms with Crippen LogP contribution in [0.4, 0.5) is 0 Å². The Labute approximate surface area is 172 Å². The Balaban J connectivity index is 0.00000392. The van der Waals surface area contributed by atoms with E-state index < -0.39 is 5.97 Å². The molecule has 0 saturated carbocycles. The monoisotopic (exact) mass is 405 g/mol. The predicted molar refractivity (Wildman–Crippen MR) is 115 cm³/mol. The molecule has 0 aliphatic rings. The smallest absolute Gasteiger partial charge is 0.304 e. The van der Waals surface area contributed by atoms with Crippen molar-refractivity contribution < 1.29 is 19.4 Å². The van der Waals surface area contributed by atoms with Gasteiger partial charge >= 0.3 is 5.97 Å². The number of nitrogens with one attached hydrogen (secondary N) is 1. The van der Waals surface area contributed by atoms with Gasteiger partial charge in [-0.1, -0.05) is 48.6 Å². The van der Waals surface area contributed by atoms with E-state index in [-0.39, 0.29) is 18.8 Å². The molecule has 0 heterocycles. The Morgan fingerprint density at radius 2 is 1.86 bits per heavy atom. The van der Waals surface area contributed by atoms with Gasteiger partial charge in [0.2, 0.25) is 0 Å². The fourth-order valence-electron chi connectivity index (χ4n) is 2.65. The number of carboxylic acid groups (broad SMARTS) is 1. The second-order valence-corrected chi connectivity index (χ2v) is 6.06. The van der Waals surface area contributed by atoms with E-state index in [0.717, 1.165) is 29.9 Å². The number of carboxylic acids is 1. The highest BCUT2D eigenvalue weighted by Crippen LogP contribution is 2.29. The quantitative estimate of drug-likeness (QED) is 0.518. The Bertz CT molecular complexity index is 735. The molecule has 0 fully saturated rings. The summed E-state index contributed by atoms with van der Waals surface area (Å²) in [5, 5.41) is 11.7. The normalized spacial score (nSPS) is 10.5. The topological polar surface area (TPSA) is 67.8 Å². The minimum atomic E-state index is -0.803. The second kappa shape index (κ2) is 13.6. The van der Waals surface area contributed by atoms with Crippen LogP contribution in [0.25, 0.3) is 6.08 Å². The average Bonchev–Trinajstić information content (AvgIpc) is 2.69. The molecular formula is C22H28ClNO4. The van der Waals surface area contributed by atoms with Gasteiger partial charge in [0, 0.05) is 13.1 Å². The third kappa shape index (κ3) is 8.46. The lowest BCUT2D eigenvalue weighted by atomic mass is 10.1. The summed E-state index contributed by atoms with van der Waals surface area (Å²) >= 11 is 0. The van der Waals surface area contributed by atoms with Crippen molar-refractivity contribution in [2.75, 3.05) is 26.8 Å². The van der Waals surface area contributed by atoms with Crippen LogP contribution in [0.3, 0.4) is 0 Å². The number of ether oxygens (including phenoxy) is 2. The highest BCUT2D eigenvalue weighted by atomic mass is 35.5. The van der Waals surface area contributed by atoms with E-state index in [2.05, 4.69) is 17.4 Å². The summed E-state index contributed by atoms with van der Waals surface area (Å²) in [6.07, 6.45) is 5.90.